The molecule has 236 valence electrons. The van der Waals surface area contributed by atoms with Crippen LogP contribution in [0.3, 0.4) is 0 Å². The molecule has 0 unspecified atom stereocenters. The fourth-order valence-corrected chi connectivity index (χ4v) is 8.57. The summed E-state index contributed by atoms with van der Waals surface area (Å²) in [6.07, 6.45) is 4.45. The van der Waals surface area contributed by atoms with Gasteiger partial charge in [-0.2, -0.15) is 0 Å². The lowest BCUT2D eigenvalue weighted by Crippen LogP contribution is -2.59. The summed E-state index contributed by atoms with van der Waals surface area (Å²) in [6.45, 7) is 0.311. The van der Waals surface area contributed by atoms with Gasteiger partial charge in [-0.1, -0.05) is 60.3 Å². The number of nitrogens with zero attached hydrogens (tertiary/aromatic N) is 1. The van der Waals surface area contributed by atoms with Crippen LogP contribution in [-0.2, 0) is 32.6 Å². The van der Waals surface area contributed by atoms with Crippen LogP contribution in [0.5, 0.6) is 0 Å². The van der Waals surface area contributed by atoms with E-state index in [1.54, 1.807) is 58.7 Å². The Balaban J connectivity index is 1.53. The summed E-state index contributed by atoms with van der Waals surface area (Å²) in [6, 6.07) is 12.3. The van der Waals surface area contributed by atoms with Crippen LogP contribution in [0.15, 0.2) is 53.9 Å². The van der Waals surface area contributed by atoms with Gasteiger partial charge < -0.3 is 20.1 Å². The van der Waals surface area contributed by atoms with Crippen molar-refractivity contribution in [2.45, 2.75) is 62.8 Å². The molecule has 1 saturated carbocycles. The van der Waals surface area contributed by atoms with Crippen LogP contribution in [-0.4, -0.2) is 61.9 Å². The number of rotatable bonds is 11. The molecule has 5 rings (SSSR count). The molecule has 1 aliphatic heterocycles. The molecule has 0 saturated heterocycles. The van der Waals surface area contributed by atoms with Crippen LogP contribution >= 0.6 is 34.5 Å². The summed E-state index contributed by atoms with van der Waals surface area (Å²) < 4.78 is 32.6. The molecule has 3 N–H and O–H groups in total. The van der Waals surface area contributed by atoms with E-state index in [-0.39, 0.29) is 18.6 Å². The van der Waals surface area contributed by atoms with E-state index in [2.05, 4.69) is 10.0 Å². The van der Waals surface area contributed by atoms with Crippen molar-refractivity contribution < 1.29 is 27.9 Å². The first-order valence-electron chi connectivity index (χ1n) is 14.4. The average Bonchev–Trinajstić information content (AvgIpc) is 3.43. The Labute approximate surface area is 271 Å². The van der Waals surface area contributed by atoms with Crippen molar-refractivity contribution in [3.8, 4) is 0 Å². The first kappa shape index (κ1) is 32.9. The number of carbonyl (C=O) groups is 2. The van der Waals surface area contributed by atoms with Crippen LogP contribution < -0.4 is 10.0 Å². The Bertz CT molecular complexity index is 1620. The standard InChI is InChI=1S/C31H35Cl2N3O6S2/c1-44(40,41)35-26-8-4-5-9-27(26)36-29(24-11-10-20(32)15-25(24)33)28(22-6-2-3-7-23(22)31(36)39)30(38)34-13-12-21-14-19(17-43-21)16-42-18-37/h2-3,6-7,10-11,14-15,17,26-29,35,37H,4-5,8-9,12-13,16,18H2,1H3,(H,34,38)/t26-,27-,28+,29-/m0/s1. The number of aliphatic hydroxyl groups excluding tert-OH is 1. The molecule has 4 atom stereocenters. The number of halogens is 2. The maximum Gasteiger partial charge on any atom is 0.255 e. The van der Waals surface area contributed by atoms with Crippen molar-refractivity contribution >= 4 is 56.4 Å². The molecular formula is C31H35Cl2N3O6S2. The zero-order chi connectivity index (χ0) is 31.4. The Hall–Kier alpha value is -2.51. The number of nitrogens with one attached hydrogen (secondary N) is 2. The number of amides is 2. The number of carbonyl (C=O) groups excluding carboxylic acids is 2. The second-order valence-electron chi connectivity index (χ2n) is 11.2. The Kier molecular flexibility index (Phi) is 10.7. The van der Waals surface area contributed by atoms with Crippen molar-refractivity contribution in [1.29, 1.82) is 0 Å². The quantitative estimate of drug-likeness (QED) is 0.245. The molecule has 9 nitrogen and oxygen atoms in total. The zero-order valence-electron chi connectivity index (χ0n) is 24.2. The summed E-state index contributed by atoms with van der Waals surface area (Å²) >= 11 is 14.6. The maximum absolute atomic E-state index is 14.4. The SMILES string of the molecule is CS(=O)(=O)N[C@H]1CCCC[C@@H]1N1C(=O)c2ccccc2[C@@H](C(=O)NCCc2cc(COCO)cs2)[C@@H]1c1ccc(Cl)cc1Cl. The van der Waals surface area contributed by atoms with Gasteiger partial charge in [0.2, 0.25) is 15.9 Å². The highest BCUT2D eigenvalue weighted by atomic mass is 35.5. The highest BCUT2D eigenvalue weighted by Crippen LogP contribution is 2.47. The molecule has 0 bridgehead atoms. The van der Waals surface area contributed by atoms with Crippen molar-refractivity contribution in [2.75, 3.05) is 19.6 Å². The predicted octanol–water partition coefficient (Wildman–Crippen LogP) is 5.02. The van der Waals surface area contributed by atoms with Gasteiger partial charge >= 0.3 is 0 Å². The Morgan fingerprint density at radius 3 is 2.64 bits per heavy atom. The normalized spacial score (nSPS) is 22.1. The lowest BCUT2D eigenvalue weighted by atomic mass is 9.76. The summed E-state index contributed by atoms with van der Waals surface area (Å²) in [5.41, 5.74) is 2.51. The molecule has 0 radical (unpaired) electrons. The number of benzene rings is 2. The van der Waals surface area contributed by atoms with Crippen LogP contribution in [0.1, 0.15) is 69.6 Å². The van der Waals surface area contributed by atoms with E-state index >= 15 is 0 Å². The molecule has 3 aromatic rings. The third kappa shape index (κ3) is 7.47. The molecule has 0 spiro atoms. The molecule has 2 aliphatic rings. The second-order valence-corrected chi connectivity index (χ2v) is 14.8. The Morgan fingerprint density at radius 1 is 1.11 bits per heavy atom. The molecule has 2 amide bonds. The molecule has 44 heavy (non-hydrogen) atoms. The Morgan fingerprint density at radius 2 is 1.89 bits per heavy atom. The molecule has 2 aromatic carbocycles. The minimum Gasteiger partial charge on any atom is -0.371 e. The van der Waals surface area contributed by atoms with Gasteiger partial charge in [0.25, 0.3) is 5.91 Å². The molecule has 13 heteroatoms. The van der Waals surface area contributed by atoms with Crippen LogP contribution in [0, 0.1) is 0 Å². The third-order valence-electron chi connectivity index (χ3n) is 8.13. The molecule has 1 aromatic heterocycles. The number of aliphatic hydroxyl groups is 1. The van der Waals surface area contributed by atoms with Gasteiger partial charge in [0.15, 0.2) is 0 Å². The first-order chi connectivity index (χ1) is 21.1. The number of ether oxygens (including phenoxy) is 1. The number of thiophene rings is 1. The van der Waals surface area contributed by atoms with Crippen LogP contribution in [0.25, 0.3) is 0 Å². The largest absolute Gasteiger partial charge is 0.371 e. The molecule has 1 aliphatic carbocycles. The van der Waals surface area contributed by atoms with Crippen molar-refractivity contribution in [3.05, 3.63) is 91.1 Å². The van der Waals surface area contributed by atoms with Gasteiger partial charge in [0.05, 0.1) is 24.8 Å². The minimum absolute atomic E-state index is 0.269. The van der Waals surface area contributed by atoms with Gasteiger partial charge in [-0.15, -0.1) is 11.3 Å². The predicted molar refractivity (Wildman–Crippen MR) is 171 cm³/mol. The molecular weight excluding hydrogens is 645 g/mol. The topological polar surface area (TPSA) is 125 Å². The van der Waals surface area contributed by atoms with Gasteiger partial charge in [0.1, 0.15) is 6.79 Å². The van der Waals surface area contributed by atoms with Gasteiger partial charge in [0, 0.05) is 39.1 Å². The lowest BCUT2D eigenvalue weighted by molar-refractivity contribution is -0.124. The van der Waals surface area contributed by atoms with Gasteiger partial charge in [-0.25, -0.2) is 13.1 Å². The average molecular weight is 681 g/mol. The summed E-state index contributed by atoms with van der Waals surface area (Å²) in [4.78, 5) is 31.3. The van der Waals surface area contributed by atoms with E-state index in [1.807, 2.05) is 11.4 Å². The van der Waals surface area contributed by atoms with Crippen molar-refractivity contribution in [1.82, 2.24) is 14.9 Å². The van der Waals surface area contributed by atoms with E-state index in [0.717, 1.165) is 29.5 Å². The fraction of sp³-hybridized carbons (Fsp3) is 0.419. The fourth-order valence-electron chi connectivity index (χ4n) is 6.34. The number of hydrogen-bond acceptors (Lipinski definition) is 7. The third-order valence-corrected chi connectivity index (χ3v) is 10.5. The van der Waals surface area contributed by atoms with Crippen LogP contribution in [0.2, 0.25) is 10.0 Å². The number of hydrogen-bond donors (Lipinski definition) is 3. The van der Waals surface area contributed by atoms with E-state index in [0.29, 0.717) is 59.1 Å². The van der Waals surface area contributed by atoms with E-state index < -0.39 is 34.1 Å². The summed E-state index contributed by atoms with van der Waals surface area (Å²) in [7, 11) is -3.57. The summed E-state index contributed by atoms with van der Waals surface area (Å²) in [5, 5.41) is 14.7. The van der Waals surface area contributed by atoms with Crippen molar-refractivity contribution in [2.24, 2.45) is 0 Å². The van der Waals surface area contributed by atoms with Gasteiger partial charge in [-0.05, 0) is 65.6 Å². The number of sulfonamides is 1. The first-order valence-corrected chi connectivity index (χ1v) is 18.0. The molecule has 1 fully saturated rings. The van der Waals surface area contributed by atoms with Crippen molar-refractivity contribution in [3.63, 3.8) is 0 Å². The van der Waals surface area contributed by atoms with Crippen LogP contribution in [0.4, 0.5) is 0 Å². The highest BCUT2D eigenvalue weighted by Gasteiger charge is 2.49. The lowest BCUT2D eigenvalue weighted by Gasteiger charge is -2.49. The maximum atomic E-state index is 14.4. The smallest absolute Gasteiger partial charge is 0.255 e. The highest BCUT2D eigenvalue weighted by molar-refractivity contribution is 7.88. The zero-order valence-corrected chi connectivity index (χ0v) is 27.3. The second kappa shape index (κ2) is 14.3. The van der Waals surface area contributed by atoms with E-state index in [1.165, 1.54) is 0 Å². The van der Waals surface area contributed by atoms with E-state index in [4.69, 9.17) is 33.0 Å². The van der Waals surface area contributed by atoms with E-state index in [9.17, 15) is 18.0 Å². The minimum atomic E-state index is -3.57. The summed E-state index contributed by atoms with van der Waals surface area (Å²) in [5.74, 6) is -1.36. The number of fused-ring (bicyclic) bond motifs is 1. The molecule has 2 heterocycles. The van der Waals surface area contributed by atoms with Gasteiger partial charge in [-0.3, -0.25) is 9.59 Å². The monoisotopic (exact) mass is 679 g/mol.